The number of pyridine rings is 1. The number of hydrogen-bond donors (Lipinski definition) is 0. The van der Waals surface area contributed by atoms with E-state index in [0.29, 0.717) is 5.71 Å². The number of aromatic nitrogens is 1. The molecule has 3 aromatic rings. The van der Waals surface area contributed by atoms with Gasteiger partial charge >= 0.3 is 0 Å². The summed E-state index contributed by atoms with van der Waals surface area (Å²) >= 11 is 3.39. The molecule has 0 radical (unpaired) electrons. The molecule has 2 heterocycles. The number of furan rings is 1. The van der Waals surface area contributed by atoms with Crippen LogP contribution in [0.5, 0.6) is 0 Å². The first-order chi connectivity index (χ1) is 7.83. The molecule has 1 aromatic carbocycles. The standard InChI is InChI=1S/C13H8BrNO/c14-11-6-10-7-12(16-13(10)15-8-11)9-4-2-1-3-5-9/h1-8H. The highest BCUT2D eigenvalue weighted by molar-refractivity contribution is 9.10. The number of halogens is 1. The third kappa shape index (κ3) is 1.63. The second-order valence-electron chi connectivity index (χ2n) is 3.52. The highest BCUT2D eigenvalue weighted by atomic mass is 79.9. The maximum atomic E-state index is 5.68. The fourth-order valence-corrected chi connectivity index (χ4v) is 2.00. The topological polar surface area (TPSA) is 26.0 Å². The van der Waals surface area contributed by atoms with E-state index < -0.39 is 0 Å². The number of fused-ring (bicyclic) bond motifs is 1. The van der Waals surface area contributed by atoms with Crippen molar-refractivity contribution in [1.29, 1.82) is 0 Å². The van der Waals surface area contributed by atoms with Crippen LogP contribution < -0.4 is 0 Å². The molecule has 0 spiro atoms. The summed E-state index contributed by atoms with van der Waals surface area (Å²) in [6.07, 6.45) is 1.74. The average molecular weight is 274 g/mol. The largest absolute Gasteiger partial charge is 0.438 e. The van der Waals surface area contributed by atoms with Gasteiger partial charge in [0.1, 0.15) is 5.76 Å². The Morgan fingerprint density at radius 3 is 2.69 bits per heavy atom. The van der Waals surface area contributed by atoms with Gasteiger partial charge in [-0.15, -0.1) is 0 Å². The van der Waals surface area contributed by atoms with Crippen molar-refractivity contribution in [3.63, 3.8) is 0 Å². The molecule has 0 amide bonds. The van der Waals surface area contributed by atoms with E-state index >= 15 is 0 Å². The van der Waals surface area contributed by atoms with Gasteiger partial charge in [-0.1, -0.05) is 30.3 Å². The molecule has 0 bridgehead atoms. The summed E-state index contributed by atoms with van der Waals surface area (Å²) in [5, 5.41) is 1.01. The Hall–Kier alpha value is -1.61. The summed E-state index contributed by atoms with van der Waals surface area (Å²) in [6, 6.07) is 14.0. The second-order valence-corrected chi connectivity index (χ2v) is 4.44. The fraction of sp³-hybridized carbons (Fsp3) is 0. The summed E-state index contributed by atoms with van der Waals surface area (Å²) in [6.45, 7) is 0. The SMILES string of the molecule is Brc1cnc2oc(-c3ccccc3)cc2c1. The van der Waals surface area contributed by atoms with Crippen LogP contribution in [0.3, 0.4) is 0 Å². The third-order valence-corrected chi connectivity index (χ3v) is 2.83. The molecule has 78 valence electrons. The van der Waals surface area contributed by atoms with Crippen molar-refractivity contribution >= 4 is 27.0 Å². The Kier molecular flexibility index (Phi) is 2.26. The maximum Gasteiger partial charge on any atom is 0.226 e. The Labute approximate surface area is 101 Å². The van der Waals surface area contributed by atoms with Crippen molar-refractivity contribution in [3.8, 4) is 11.3 Å². The minimum absolute atomic E-state index is 0.669. The quantitative estimate of drug-likeness (QED) is 0.662. The van der Waals surface area contributed by atoms with E-state index in [1.54, 1.807) is 6.20 Å². The first kappa shape index (κ1) is 9.60. The van der Waals surface area contributed by atoms with E-state index in [1.165, 1.54) is 0 Å². The zero-order chi connectivity index (χ0) is 11.0. The molecule has 0 saturated heterocycles. The molecule has 0 aliphatic rings. The monoisotopic (exact) mass is 273 g/mol. The van der Waals surface area contributed by atoms with Gasteiger partial charge in [0.15, 0.2) is 0 Å². The summed E-state index contributed by atoms with van der Waals surface area (Å²) in [7, 11) is 0. The molecule has 0 fully saturated rings. The minimum Gasteiger partial charge on any atom is -0.438 e. The van der Waals surface area contributed by atoms with Gasteiger partial charge in [-0.2, -0.15) is 0 Å². The van der Waals surface area contributed by atoms with Gasteiger partial charge in [0.25, 0.3) is 0 Å². The van der Waals surface area contributed by atoms with Gasteiger partial charge in [0.2, 0.25) is 5.71 Å². The van der Waals surface area contributed by atoms with Crippen molar-refractivity contribution in [1.82, 2.24) is 4.98 Å². The summed E-state index contributed by atoms with van der Waals surface area (Å²) in [4.78, 5) is 4.21. The molecule has 0 N–H and O–H groups in total. The van der Waals surface area contributed by atoms with Crippen LogP contribution in [0.2, 0.25) is 0 Å². The molecular weight excluding hydrogens is 266 g/mol. The number of rotatable bonds is 1. The van der Waals surface area contributed by atoms with Crippen molar-refractivity contribution in [2.45, 2.75) is 0 Å². The van der Waals surface area contributed by atoms with E-state index in [2.05, 4.69) is 20.9 Å². The summed E-state index contributed by atoms with van der Waals surface area (Å²) < 4.78 is 6.64. The minimum atomic E-state index is 0.669. The first-order valence-electron chi connectivity index (χ1n) is 4.93. The molecule has 16 heavy (non-hydrogen) atoms. The van der Waals surface area contributed by atoms with E-state index in [1.807, 2.05) is 42.5 Å². The van der Waals surface area contributed by atoms with Gasteiger partial charge < -0.3 is 4.42 Å². The molecule has 3 rings (SSSR count). The van der Waals surface area contributed by atoms with Gasteiger partial charge in [0, 0.05) is 21.6 Å². The Morgan fingerprint density at radius 2 is 1.88 bits per heavy atom. The molecule has 0 aliphatic carbocycles. The maximum absolute atomic E-state index is 5.68. The smallest absolute Gasteiger partial charge is 0.226 e. The lowest BCUT2D eigenvalue weighted by molar-refractivity contribution is 0.618. The van der Waals surface area contributed by atoms with Gasteiger partial charge in [-0.05, 0) is 28.1 Å². The molecule has 2 aromatic heterocycles. The lowest BCUT2D eigenvalue weighted by atomic mass is 10.2. The zero-order valence-corrected chi connectivity index (χ0v) is 9.94. The van der Waals surface area contributed by atoms with Crippen molar-refractivity contribution in [2.24, 2.45) is 0 Å². The zero-order valence-electron chi connectivity index (χ0n) is 8.35. The highest BCUT2D eigenvalue weighted by Crippen LogP contribution is 2.27. The van der Waals surface area contributed by atoms with Crippen LogP contribution >= 0.6 is 15.9 Å². The third-order valence-electron chi connectivity index (χ3n) is 2.40. The van der Waals surface area contributed by atoms with Crippen LogP contribution in [0.1, 0.15) is 0 Å². The van der Waals surface area contributed by atoms with Crippen LogP contribution in [0.4, 0.5) is 0 Å². The molecule has 0 saturated carbocycles. The molecular formula is C13H8BrNO. The van der Waals surface area contributed by atoms with Crippen molar-refractivity contribution < 1.29 is 4.42 Å². The average Bonchev–Trinajstić information content (AvgIpc) is 2.73. The van der Waals surface area contributed by atoms with Crippen LogP contribution in [0, 0.1) is 0 Å². The van der Waals surface area contributed by atoms with Crippen LogP contribution in [0.25, 0.3) is 22.4 Å². The predicted molar refractivity (Wildman–Crippen MR) is 67.1 cm³/mol. The lowest BCUT2D eigenvalue weighted by Gasteiger charge is -1.93. The number of nitrogens with zero attached hydrogens (tertiary/aromatic N) is 1. The Morgan fingerprint density at radius 1 is 1.06 bits per heavy atom. The number of benzene rings is 1. The van der Waals surface area contributed by atoms with E-state index in [4.69, 9.17) is 4.42 Å². The van der Waals surface area contributed by atoms with Crippen molar-refractivity contribution in [3.05, 3.63) is 53.1 Å². The molecule has 0 aliphatic heterocycles. The second kappa shape index (κ2) is 3.76. The molecule has 3 heteroatoms. The van der Waals surface area contributed by atoms with Gasteiger partial charge in [0.05, 0.1) is 0 Å². The van der Waals surface area contributed by atoms with E-state index in [-0.39, 0.29) is 0 Å². The van der Waals surface area contributed by atoms with Gasteiger partial charge in [-0.3, -0.25) is 0 Å². The Bertz CT molecular complexity index is 631. The van der Waals surface area contributed by atoms with Crippen LogP contribution in [-0.2, 0) is 0 Å². The van der Waals surface area contributed by atoms with E-state index in [0.717, 1.165) is 21.2 Å². The summed E-state index contributed by atoms with van der Waals surface area (Å²) in [5.41, 5.74) is 1.73. The van der Waals surface area contributed by atoms with Crippen LogP contribution in [0.15, 0.2) is 57.6 Å². The molecule has 0 unspecified atom stereocenters. The van der Waals surface area contributed by atoms with Crippen molar-refractivity contribution in [2.75, 3.05) is 0 Å². The molecule has 0 atom stereocenters. The van der Waals surface area contributed by atoms with Crippen LogP contribution in [-0.4, -0.2) is 4.98 Å². The van der Waals surface area contributed by atoms with Gasteiger partial charge in [-0.25, -0.2) is 4.98 Å². The summed E-state index contributed by atoms with van der Waals surface area (Å²) in [5.74, 6) is 0.848. The molecule has 2 nitrogen and oxygen atoms in total. The highest BCUT2D eigenvalue weighted by Gasteiger charge is 2.06. The predicted octanol–water partition coefficient (Wildman–Crippen LogP) is 4.26. The normalized spacial score (nSPS) is 10.8. The number of hydrogen-bond acceptors (Lipinski definition) is 2. The van der Waals surface area contributed by atoms with E-state index in [9.17, 15) is 0 Å². The fourth-order valence-electron chi connectivity index (χ4n) is 1.65. The first-order valence-corrected chi connectivity index (χ1v) is 5.73. The Balaban J connectivity index is 2.19. The lowest BCUT2D eigenvalue weighted by Crippen LogP contribution is -1.71.